The second-order valence-corrected chi connectivity index (χ2v) is 4.71. The molecule has 0 N–H and O–H groups in total. The summed E-state index contributed by atoms with van der Waals surface area (Å²) in [5.41, 5.74) is 1.22. The summed E-state index contributed by atoms with van der Waals surface area (Å²) in [7, 11) is 0. The van der Waals surface area contributed by atoms with Crippen molar-refractivity contribution >= 4 is 11.8 Å². The van der Waals surface area contributed by atoms with Crippen LogP contribution >= 0.6 is 11.8 Å². The SMILES string of the molecule is N#CS[C@H]1CCO[C@@H](c2ccccc2)C1. The lowest BCUT2D eigenvalue weighted by atomic mass is 10.0. The van der Waals surface area contributed by atoms with E-state index in [1.807, 2.05) is 18.2 Å². The molecule has 78 valence electrons. The Morgan fingerprint density at radius 3 is 2.87 bits per heavy atom. The molecule has 1 aromatic carbocycles. The topological polar surface area (TPSA) is 33.0 Å². The van der Waals surface area contributed by atoms with E-state index in [0.717, 1.165) is 19.4 Å². The predicted octanol–water partition coefficient (Wildman–Crippen LogP) is 3.12. The van der Waals surface area contributed by atoms with Gasteiger partial charge >= 0.3 is 0 Å². The maximum atomic E-state index is 8.65. The molecule has 3 heteroatoms. The van der Waals surface area contributed by atoms with Crippen LogP contribution in [-0.4, -0.2) is 11.9 Å². The summed E-state index contributed by atoms with van der Waals surface area (Å²) in [6.45, 7) is 0.763. The van der Waals surface area contributed by atoms with Gasteiger partial charge < -0.3 is 4.74 Å². The van der Waals surface area contributed by atoms with Crippen molar-refractivity contribution in [3.8, 4) is 5.40 Å². The minimum absolute atomic E-state index is 0.172. The summed E-state index contributed by atoms with van der Waals surface area (Å²) < 4.78 is 5.72. The largest absolute Gasteiger partial charge is 0.373 e. The molecule has 1 saturated heterocycles. The van der Waals surface area contributed by atoms with Crippen molar-refractivity contribution in [3.63, 3.8) is 0 Å². The Morgan fingerprint density at radius 2 is 2.13 bits per heavy atom. The molecule has 0 spiro atoms. The van der Waals surface area contributed by atoms with Gasteiger partial charge in [0.1, 0.15) is 5.40 Å². The molecule has 1 heterocycles. The van der Waals surface area contributed by atoms with Crippen molar-refractivity contribution in [3.05, 3.63) is 35.9 Å². The minimum atomic E-state index is 0.172. The average Bonchev–Trinajstić information content (AvgIpc) is 2.31. The summed E-state index contributed by atoms with van der Waals surface area (Å²) in [6, 6.07) is 10.2. The Hall–Kier alpha value is -0.980. The van der Waals surface area contributed by atoms with E-state index in [0.29, 0.717) is 5.25 Å². The van der Waals surface area contributed by atoms with E-state index >= 15 is 0 Å². The fraction of sp³-hybridized carbons (Fsp3) is 0.417. The zero-order chi connectivity index (χ0) is 10.5. The molecule has 0 aromatic heterocycles. The molecule has 2 atom stereocenters. The van der Waals surface area contributed by atoms with E-state index in [1.54, 1.807) is 0 Å². The van der Waals surface area contributed by atoms with Gasteiger partial charge in [-0.1, -0.05) is 30.3 Å². The second kappa shape index (κ2) is 5.20. The molecule has 1 aliphatic heterocycles. The summed E-state index contributed by atoms with van der Waals surface area (Å²) in [5.74, 6) is 0. The van der Waals surface area contributed by atoms with Crippen molar-refractivity contribution in [2.24, 2.45) is 0 Å². The van der Waals surface area contributed by atoms with Crippen LogP contribution in [0.25, 0.3) is 0 Å². The average molecular weight is 219 g/mol. The van der Waals surface area contributed by atoms with Crippen molar-refractivity contribution in [1.82, 2.24) is 0 Å². The molecule has 1 aliphatic rings. The summed E-state index contributed by atoms with van der Waals surface area (Å²) in [4.78, 5) is 0. The van der Waals surface area contributed by atoms with E-state index in [9.17, 15) is 0 Å². The van der Waals surface area contributed by atoms with Crippen LogP contribution in [0.4, 0.5) is 0 Å². The molecular weight excluding hydrogens is 206 g/mol. The van der Waals surface area contributed by atoms with Gasteiger partial charge in [-0.05, 0) is 30.2 Å². The van der Waals surface area contributed by atoms with E-state index in [1.165, 1.54) is 17.3 Å². The Labute approximate surface area is 94.2 Å². The molecule has 1 aromatic rings. The third-order valence-electron chi connectivity index (χ3n) is 2.63. The number of ether oxygens (including phenoxy) is 1. The first-order chi connectivity index (χ1) is 7.40. The third kappa shape index (κ3) is 2.74. The van der Waals surface area contributed by atoms with E-state index in [-0.39, 0.29) is 6.10 Å². The number of rotatable bonds is 2. The lowest BCUT2D eigenvalue weighted by Gasteiger charge is -2.27. The monoisotopic (exact) mass is 219 g/mol. The summed E-state index contributed by atoms with van der Waals surface area (Å²) >= 11 is 1.38. The maximum Gasteiger partial charge on any atom is 0.133 e. The third-order valence-corrected chi connectivity index (χ3v) is 3.49. The van der Waals surface area contributed by atoms with E-state index in [4.69, 9.17) is 10.00 Å². The Balaban J connectivity index is 2.02. The quantitative estimate of drug-likeness (QED) is 0.716. The second-order valence-electron chi connectivity index (χ2n) is 3.63. The van der Waals surface area contributed by atoms with Gasteiger partial charge in [0.25, 0.3) is 0 Å². The van der Waals surface area contributed by atoms with Gasteiger partial charge in [0.05, 0.1) is 6.10 Å². The number of benzene rings is 1. The van der Waals surface area contributed by atoms with E-state index < -0.39 is 0 Å². The highest BCUT2D eigenvalue weighted by Crippen LogP contribution is 2.33. The minimum Gasteiger partial charge on any atom is -0.373 e. The van der Waals surface area contributed by atoms with Crippen LogP contribution in [0, 0.1) is 10.7 Å². The van der Waals surface area contributed by atoms with Crippen molar-refractivity contribution in [2.45, 2.75) is 24.2 Å². The Kier molecular flexibility index (Phi) is 3.65. The first kappa shape index (κ1) is 10.5. The molecule has 1 fully saturated rings. The van der Waals surface area contributed by atoms with Crippen LogP contribution in [0.1, 0.15) is 24.5 Å². The zero-order valence-electron chi connectivity index (χ0n) is 8.43. The van der Waals surface area contributed by atoms with Crippen LogP contribution in [0.5, 0.6) is 0 Å². The van der Waals surface area contributed by atoms with Crippen LogP contribution < -0.4 is 0 Å². The Bertz CT molecular complexity index is 346. The molecule has 2 rings (SSSR count). The first-order valence-electron chi connectivity index (χ1n) is 5.11. The number of hydrogen-bond acceptors (Lipinski definition) is 3. The van der Waals surface area contributed by atoms with Crippen molar-refractivity contribution in [1.29, 1.82) is 5.26 Å². The number of nitriles is 1. The van der Waals surface area contributed by atoms with Gasteiger partial charge in [-0.2, -0.15) is 5.26 Å². The molecule has 0 unspecified atom stereocenters. The van der Waals surface area contributed by atoms with Crippen LogP contribution in [0.3, 0.4) is 0 Å². The van der Waals surface area contributed by atoms with Gasteiger partial charge in [0.15, 0.2) is 0 Å². The predicted molar refractivity (Wildman–Crippen MR) is 61.4 cm³/mol. The highest BCUT2D eigenvalue weighted by molar-refractivity contribution is 8.04. The fourth-order valence-corrected chi connectivity index (χ4v) is 2.48. The van der Waals surface area contributed by atoms with Gasteiger partial charge in [0.2, 0.25) is 0 Å². The molecule has 2 nitrogen and oxygen atoms in total. The number of thiocyanates is 1. The maximum absolute atomic E-state index is 8.65. The lowest BCUT2D eigenvalue weighted by Crippen LogP contribution is -2.21. The molecule has 0 radical (unpaired) electrons. The number of thioether (sulfide) groups is 1. The van der Waals surface area contributed by atoms with Gasteiger partial charge in [-0.15, -0.1) is 0 Å². The molecule has 0 saturated carbocycles. The molecule has 0 aliphatic carbocycles. The molecule has 0 bridgehead atoms. The van der Waals surface area contributed by atoms with Crippen molar-refractivity contribution < 1.29 is 4.74 Å². The van der Waals surface area contributed by atoms with Gasteiger partial charge in [-0.3, -0.25) is 0 Å². The Morgan fingerprint density at radius 1 is 1.33 bits per heavy atom. The fourth-order valence-electron chi connectivity index (χ4n) is 1.85. The standard InChI is InChI=1S/C12H13NOS/c13-9-15-11-6-7-14-12(8-11)10-4-2-1-3-5-10/h1-5,11-12H,6-8H2/t11-,12+/m0/s1. The number of hydrogen-bond donors (Lipinski definition) is 0. The highest BCUT2D eigenvalue weighted by Gasteiger charge is 2.23. The first-order valence-corrected chi connectivity index (χ1v) is 5.99. The van der Waals surface area contributed by atoms with Crippen molar-refractivity contribution in [2.75, 3.05) is 6.61 Å². The number of nitrogens with zero attached hydrogens (tertiary/aromatic N) is 1. The molecule has 0 amide bonds. The van der Waals surface area contributed by atoms with E-state index in [2.05, 4.69) is 17.5 Å². The van der Waals surface area contributed by atoms with Crippen LogP contribution in [0.2, 0.25) is 0 Å². The van der Waals surface area contributed by atoms with Crippen LogP contribution in [-0.2, 0) is 4.74 Å². The lowest BCUT2D eigenvalue weighted by molar-refractivity contribution is 0.0179. The van der Waals surface area contributed by atoms with Gasteiger partial charge in [0, 0.05) is 11.9 Å². The molecular formula is C12H13NOS. The summed E-state index contributed by atoms with van der Waals surface area (Å²) in [5, 5.41) is 11.2. The smallest absolute Gasteiger partial charge is 0.133 e. The highest BCUT2D eigenvalue weighted by atomic mass is 32.2. The summed E-state index contributed by atoms with van der Waals surface area (Å²) in [6.07, 6.45) is 2.11. The normalized spacial score (nSPS) is 25.8. The van der Waals surface area contributed by atoms with Gasteiger partial charge in [-0.25, -0.2) is 0 Å². The molecule has 15 heavy (non-hydrogen) atoms. The van der Waals surface area contributed by atoms with Crippen LogP contribution in [0.15, 0.2) is 30.3 Å². The zero-order valence-corrected chi connectivity index (χ0v) is 9.24.